The molecule has 2 rings (SSSR count). The van der Waals surface area contributed by atoms with Crippen LogP contribution in [0.25, 0.3) is 0 Å². The van der Waals surface area contributed by atoms with Gasteiger partial charge in [0, 0.05) is 31.6 Å². The fraction of sp³-hybridized carbons (Fsp3) is 0.579. The Balaban J connectivity index is 1.91. The van der Waals surface area contributed by atoms with Crippen LogP contribution in [0.1, 0.15) is 43.5 Å². The lowest BCUT2D eigenvalue weighted by atomic mass is 10.0. The first kappa shape index (κ1) is 19.1. The van der Waals surface area contributed by atoms with Gasteiger partial charge in [0.1, 0.15) is 11.5 Å². The minimum absolute atomic E-state index is 0.0717. The fourth-order valence-corrected chi connectivity index (χ4v) is 3.00. The van der Waals surface area contributed by atoms with Crippen LogP contribution in [0.15, 0.2) is 18.2 Å². The monoisotopic (exact) mass is 348 g/mol. The van der Waals surface area contributed by atoms with Gasteiger partial charge in [-0.1, -0.05) is 13.8 Å². The number of amides is 2. The van der Waals surface area contributed by atoms with Crippen molar-refractivity contribution in [1.82, 2.24) is 10.2 Å². The summed E-state index contributed by atoms with van der Waals surface area (Å²) in [6.45, 7) is 5.48. The number of carbonyl (C=O) groups is 2. The molecule has 1 aliphatic heterocycles. The molecule has 0 bridgehead atoms. The molecule has 1 aromatic rings. The summed E-state index contributed by atoms with van der Waals surface area (Å²) in [7, 11) is 3.10. The molecule has 1 aromatic carbocycles. The molecule has 0 unspecified atom stereocenters. The molecule has 6 nitrogen and oxygen atoms in total. The summed E-state index contributed by atoms with van der Waals surface area (Å²) in [6.07, 6.45) is 2.13. The van der Waals surface area contributed by atoms with Crippen LogP contribution < -0.4 is 14.8 Å². The second kappa shape index (κ2) is 8.74. The molecule has 6 heteroatoms. The molecule has 2 amide bonds. The third-order valence-electron chi connectivity index (χ3n) is 4.42. The van der Waals surface area contributed by atoms with Crippen LogP contribution >= 0.6 is 0 Å². The van der Waals surface area contributed by atoms with E-state index < -0.39 is 0 Å². The minimum Gasteiger partial charge on any atom is -0.497 e. The molecule has 1 N–H and O–H groups in total. The van der Waals surface area contributed by atoms with Crippen molar-refractivity contribution in [2.75, 3.05) is 27.3 Å². The van der Waals surface area contributed by atoms with E-state index in [1.54, 1.807) is 25.3 Å². The van der Waals surface area contributed by atoms with Crippen LogP contribution in [0.4, 0.5) is 0 Å². The van der Waals surface area contributed by atoms with Crippen LogP contribution in [0.3, 0.4) is 0 Å². The van der Waals surface area contributed by atoms with Crippen molar-refractivity contribution in [2.45, 2.75) is 39.2 Å². The zero-order valence-electron chi connectivity index (χ0n) is 15.5. The van der Waals surface area contributed by atoms with Gasteiger partial charge in [-0.2, -0.15) is 0 Å². The molecule has 0 atom stereocenters. The summed E-state index contributed by atoms with van der Waals surface area (Å²) >= 11 is 0. The average molecular weight is 348 g/mol. The molecule has 0 spiro atoms. The molecule has 25 heavy (non-hydrogen) atoms. The number of methoxy groups -OCH3 is 2. The minimum atomic E-state index is -0.161. The Hall–Kier alpha value is -2.24. The number of likely N-dealkylation sites (tertiary alicyclic amines) is 1. The Morgan fingerprint density at radius 1 is 1.20 bits per heavy atom. The summed E-state index contributed by atoms with van der Waals surface area (Å²) in [5.41, 5.74) is 0.488. The van der Waals surface area contributed by atoms with E-state index in [1.165, 1.54) is 7.11 Å². The Morgan fingerprint density at radius 3 is 2.44 bits per heavy atom. The number of ether oxygens (including phenoxy) is 2. The number of hydrogen-bond acceptors (Lipinski definition) is 4. The number of benzene rings is 1. The highest BCUT2D eigenvalue weighted by Gasteiger charge is 2.25. The first-order chi connectivity index (χ1) is 11.9. The Labute approximate surface area is 149 Å². The average Bonchev–Trinajstić information content (AvgIpc) is 2.61. The molecule has 1 fully saturated rings. The largest absolute Gasteiger partial charge is 0.497 e. The highest BCUT2D eigenvalue weighted by Crippen LogP contribution is 2.25. The summed E-state index contributed by atoms with van der Waals surface area (Å²) in [5.74, 6) is 1.54. The lowest BCUT2D eigenvalue weighted by Gasteiger charge is -2.33. The van der Waals surface area contributed by atoms with Crippen molar-refractivity contribution in [1.29, 1.82) is 0 Å². The van der Waals surface area contributed by atoms with Crippen molar-refractivity contribution in [3.05, 3.63) is 23.8 Å². The van der Waals surface area contributed by atoms with E-state index >= 15 is 0 Å². The lowest BCUT2D eigenvalue weighted by Crippen LogP contribution is -2.46. The van der Waals surface area contributed by atoms with Crippen LogP contribution in [0.2, 0.25) is 0 Å². The van der Waals surface area contributed by atoms with Crippen molar-refractivity contribution < 1.29 is 19.1 Å². The highest BCUT2D eigenvalue weighted by molar-refractivity contribution is 5.97. The van der Waals surface area contributed by atoms with E-state index in [0.29, 0.717) is 42.5 Å². The van der Waals surface area contributed by atoms with Crippen LogP contribution in [0.5, 0.6) is 11.5 Å². The number of hydrogen-bond donors (Lipinski definition) is 1. The fourth-order valence-electron chi connectivity index (χ4n) is 3.00. The zero-order chi connectivity index (χ0) is 18.4. The van der Waals surface area contributed by atoms with Gasteiger partial charge in [0.25, 0.3) is 5.91 Å². The Bertz CT molecular complexity index is 607. The molecular formula is C19H28N2O4. The van der Waals surface area contributed by atoms with Crippen LogP contribution in [0, 0.1) is 5.92 Å². The summed E-state index contributed by atoms with van der Waals surface area (Å²) in [4.78, 5) is 26.6. The molecule has 0 aliphatic carbocycles. The first-order valence-corrected chi connectivity index (χ1v) is 8.75. The topological polar surface area (TPSA) is 67.9 Å². The van der Waals surface area contributed by atoms with E-state index in [1.807, 2.05) is 18.7 Å². The van der Waals surface area contributed by atoms with Gasteiger partial charge < -0.3 is 19.7 Å². The van der Waals surface area contributed by atoms with Gasteiger partial charge in [0.05, 0.1) is 19.8 Å². The van der Waals surface area contributed by atoms with Crippen LogP contribution in [-0.2, 0) is 4.79 Å². The first-order valence-electron chi connectivity index (χ1n) is 8.75. The predicted octanol–water partition coefficient (Wildman–Crippen LogP) is 2.47. The van der Waals surface area contributed by atoms with Crippen molar-refractivity contribution in [2.24, 2.45) is 5.92 Å². The molecular weight excluding hydrogens is 320 g/mol. The van der Waals surface area contributed by atoms with E-state index in [2.05, 4.69) is 5.32 Å². The molecule has 1 heterocycles. The number of piperidine rings is 1. The van der Waals surface area contributed by atoms with E-state index in [9.17, 15) is 9.59 Å². The van der Waals surface area contributed by atoms with Gasteiger partial charge in [-0.25, -0.2) is 0 Å². The second-order valence-electron chi connectivity index (χ2n) is 6.79. The summed E-state index contributed by atoms with van der Waals surface area (Å²) < 4.78 is 10.4. The SMILES string of the molecule is COc1ccc(C(=O)NC2CCN(C(=O)CC(C)C)CC2)c(OC)c1. The lowest BCUT2D eigenvalue weighted by molar-refractivity contribution is -0.133. The number of carbonyl (C=O) groups excluding carboxylic acids is 2. The molecule has 0 radical (unpaired) electrons. The summed E-state index contributed by atoms with van der Waals surface area (Å²) in [5, 5.41) is 3.05. The summed E-state index contributed by atoms with van der Waals surface area (Å²) in [6, 6.07) is 5.21. The van der Waals surface area contributed by atoms with Crippen molar-refractivity contribution >= 4 is 11.8 Å². The third-order valence-corrected chi connectivity index (χ3v) is 4.42. The zero-order valence-corrected chi connectivity index (χ0v) is 15.5. The molecule has 138 valence electrons. The second-order valence-corrected chi connectivity index (χ2v) is 6.79. The van der Waals surface area contributed by atoms with E-state index in [0.717, 1.165) is 12.8 Å². The predicted molar refractivity (Wildman–Crippen MR) is 96.1 cm³/mol. The van der Waals surface area contributed by atoms with Gasteiger partial charge in [0.2, 0.25) is 5.91 Å². The van der Waals surface area contributed by atoms with Crippen molar-refractivity contribution in [3.8, 4) is 11.5 Å². The maximum absolute atomic E-state index is 12.5. The third kappa shape index (κ3) is 5.11. The quantitative estimate of drug-likeness (QED) is 0.857. The van der Waals surface area contributed by atoms with Gasteiger partial charge in [0.15, 0.2) is 0 Å². The highest BCUT2D eigenvalue weighted by atomic mass is 16.5. The molecule has 1 aliphatic rings. The molecule has 0 saturated carbocycles. The number of nitrogens with one attached hydrogen (secondary N) is 1. The Kier molecular flexibility index (Phi) is 6.67. The molecule has 1 saturated heterocycles. The maximum atomic E-state index is 12.5. The van der Waals surface area contributed by atoms with Gasteiger partial charge in [-0.05, 0) is 30.9 Å². The smallest absolute Gasteiger partial charge is 0.255 e. The van der Waals surface area contributed by atoms with Crippen LogP contribution in [-0.4, -0.2) is 50.1 Å². The van der Waals surface area contributed by atoms with Crippen molar-refractivity contribution in [3.63, 3.8) is 0 Å². The number of nitrogens with zero attached hydrogens (tertiary/aromatic N) is 1. The number of rotatable bonds is 6. The maximum Gasteiger partial charge on any atom is 0.255 e. The normalized spacial score (nSPS) is 15.2. The van der Waals surface area contributed by atoms with E-state index in [4.69, 9.17) is 9.47 Å². The van der Waals surface area contributed by atoms with Gasteiger partial charge in [-0.3, -0.25) is 9.59 Å². The molecule has 0 aromatic heterocycles. The van der Waals surface area contributed by atoms with E-state index in [-0.39, 0.29) is 17.9 Å². The standard InChI is InChI=1S/C19H28N2O4/c1-13(2)11-18(22)21-9-7-14(8-10-21)20-19(23)16-6-5-15(24-3)12-17(16)25-4/h5-6,12-14H,7-11H2,1-4H3,(H,20,23). The Morgan fingerprint density at radius 2 is 1.88 bits per heavy atom. The van der Waals surface area contributed by atoms with Gasteiger partial charge >= 0.3 is 0 Å². The van der Waals surface area contributed by atoms with Gasteiger partial charge in [-0.15, -0.1) is 0 Å².